The lowest BCUT2D eigenvalue weighted by atomic mass is 10.1. The van der Waals surface area contributed by atoms with Crippen LogP contribution >= 0.6 is 0 Å². The molecule has 1 aromatic rings. The van der Waals surface area contributed by atoms with E-state index >= 15 is 0 Å². The number of fused-ring (bicyclic) bond motifs is 1. The number of ether oxygens (including phenoxy) is 1. The van der Waals surface area contributed by atoms with Gasteiger partial charge in [-0.05, 0) is 12.1 Å². The molecule has 0 aromatic heterocycles. The monoisotopic (exact) mass is 208 g/mol. The zero-order chi connectivity index (χ0) is 10.8. The molecule has 0 spiro atoms. The quantitative estimate of drug-likeness (QED) is 0.658. The Hall–Kier alpha value is -1.75. The molecular weight excluding hydrogens is 196 g/mol. The van der Waals surface area contributed by atoms with E-state index in [2.05, 4.69) is 10.6 Å². The van der Waals surface area contributed by atoms with Crippen molar-refractivity contribution < 1.29 is 14.6 Å². The second kappa shape index (κ2) is 3.78. The average Bonchev–Trinajstić information content (AvgIpc) is 2.27. The van der Waals surface area contributed by atoms with Gasteiger partial charge >= 0.3 is 0 Å². The number of aliphatic hydroxyl groups excluding tert-OH is 1. The van der Waals surface area contributed by atoms with Gasteiger partial charge in [-0.3, -0.25) is 4.79 Å². The molecule has 0 bridgehead atoms. The molecule has 1 aliphatic rings. The third-order valence-corrected chi connectivity index (χ3v) is 2.31. The first-order valence-corrected chi connectivity index (χ1v) is 4.61. The average molecular weight is 208 g/mol. The van der Waals surface area contributed by atoms with Crippen LogP contribution < -0.4 is 15.4 Å². The number of benzene rings is 1. The van der Waals surface area contributed by atoms with Crippen LogP contribution in [0.5, 0.6) is 5.75 Å². The lowest BCUT2D eigenvalue weighted by Gasteiger charge is -2.25. The largest absolute Gasteiger partial charge is 0.497 e. The third-order valence-electron chi connectivity index (χ3n) is 2.31. The summed E-state index contributed by atoms with van der Waals surface area (Å²) in [4.78, 5) is 11.4. The minimum absolute atomic E-state index is 0.225. The van der Waals surface area contributed by atoms with E-state index < -0.39 is 6.04 Å². The molecule has 3 N–H and O–H groups in total. The molecular formula is C10H12N2O3. The van der Waals surface area contributed by atoms with Gasteiger partial charge < -0.3 is 20.5 Å². The molecule has 1 aliphatic heterocycles. The summed E-state index contributed by atoms with van der Waals surface area (Å²) in [6, 6.07) is 4.74. The van der Waals surface area contributed by atoms with E-state index in [1.807, 2.05) is 0 Å². The molecule has 1 aromatic carbocycles. The minimum atomic E-state index is -0.578. The van der Waals surface area contributed by atoms with Gasteiger partial charge in [0.25, 0.3) is 0 Å². The van der Waals surface area contributed by atoms with Crippen molar-refractivity contribution in [3.63, 3.8) is 0 Å². The minimum Gasteiger partial charge on any atom is -0.497 e. The van der Waals surface area contributed by atoms with Crippen LogP contribution in [0.15, 0.2) is 18.2 Å². The lowest BCUT2D eigenvalue weighted by Crippen LogP contribution is -2.41. The van der Waals surface area contributed by atoms with Gasteiger partial charge in [-0.25, -0.2) is 0 Å². The number of hydrogen-bond donors (Lipinski definition) is 3. The predicted molar refractivity (Wildman–Crippen MR) is 56.1 cm³/mol. The van der Waals surface area contributed by atoms with E-state index in [0.717, 1.165) is 5.69 Å². The molecule has 5 nitrogen and oxygen atoms in total. The van der Waals surface area contributed by atoms with Crippen LogP contribution in [0.1, 0.15) is 0 Å². The van der Waals surface area contributed by atoms with Gasteiger partial charge in [0, 0.05) is 6.07 Å². The smallest absolute Gasteiger partial charge is 0.249 e. The van der Waals surface area contributed by atoms with Crippen molar-refractivity contribution in [2.45, 2.75) is 6.04 Å². The molecule has 0 radical (unpaired) electrons. The van der Waals surface area contributed by atoms with E-state index in [1.54, 1.807) is 25.3 Å². The third kappa shape index (κ3) is 1.73. The molecule has 0 aliphatic carbocycles. The van der Waals surface area contributed by atoms with Crippen LogP contribution in [0.2, 0.25) is 0 Å². The van der Waals surface area contributed by atoms with Crippen LogP contribution in [-0.4, -0.2) is 30.8 Å². The highest BCUT2D eigenvalue weighted by Gasteiger charge is 2.24. The van der Waals surface area contributed by atoms with E-state index in [-0.39, 0.29) is 12.5 Å². The van der Waals surface area contributed by atoms with Gasteiger partial charge in [-0.2, -0.15) is 0 Å². The number of methoxy groups -OCH3 is 1. The fraction of sp³-hybridized carbons (Fsp3) is 0.300. The van der Waals surface area contributed by atoms with Crippen LogP contribution in [0.25, 0.3) is 0 Å². The van der Waals surface area contributed by atoms with Crippen molar-refractivity contribution in [1.82, 2.24) is 0 Å². The van der Waals surface area contributed by atoms with Crippen molar-refractivity contribution in [2.75, 3.05) is 24.4 Å². The molecule has 2 rings (SSSR count). The number of amides is 1. The van der Waals surface area contributed by atoms with Crippen molar-refractivity contribution in [3.05, 3.63) is 18.2 Å². The normalized spacial score (nSPS) is 18.8. The Labute approximate surface area is 87.1 Å². The van der Waals surface area contributed by atoms with Crippen LogP contribution in [0, 0.1) is 0 Å². The Morgan fingerprint density at radius 3 is 2.93 bits per heavy atom. The summed E-state index contributed by atoms with van der Waals surface area (Å²) in [6.07, 6.45) is 0. The molecule has 80 valence electrons. The predicted octanol–water partition coefficient (Wildman–Crippen LogP) is 0.420. The standard InChI is InChI=1S/C10H12N2O3/c1-15-6-2-3-7-8(4-6)12-10(14)9(5-13)11-7/h2-4,9,11,13H,5H2,1H3,(H,12,14)/t9-/m1/s1. The maximum absolute atomic E-state index is 11.4. The first-order chi connectivity index (χ1) is 7.24. The maximum Gasteiger partial charge on any atom is 0.249 e. The zero-order valence-electron chi connectivity index (χ0n) is 8.28. The lowest BCUT2D eigenvalue weighted by molar-refractivity contribution is -0.117. The molecule has 15 heavy (non-hydrogen) atoms. The molecule has 0 saturated heterocycles. The Kier molecular flexibility index (Phi) is 2.47. The number of anilines is 2. The Morgan fingerprint density at radius 1 is 1.47 bits per heavy atom. The SMILES string of the molecule is COc1ccc2c(c1)NC(=O)[C@@H](CO)N2. The second-order valence-electron chi connectivity index (χ2n) is 3.28. The molecule has 1 atom stereocenters. The van der Waals surface area contributed by atoms with Gasteiger partial charge in [0.1, 0.15) is 11.8 Å². The van der Waals surface area contributed by atoms with Gasteiger partial charge in [0.2, 0.25) is 5.91 Å². The first-order valence-electron chi connectivity index (χ1n) is 4.61. The van der Waals surface area contributed by atoms with Crippen LogP contribution in [0.4, 0.5) is 11.4 Å². The summed E-state index contributed by atoms with van der Waals surface area (Å²) in [7, 11) is 1.57. The Morgan fingerprint density at radius 2 is 2.27 bits per heavy atom. The molecule has 0 unspecified atom stereocenters. The highest BCUT2D eigenvalue weighted by molar-refractivity contribution is 6.03. The number of aliphatic hydroxyl groups is 1. The number of rotatable bonds is 2. The van der Waals surface area contributed by atoms with E-state index in [4.69, 9.17) is 9.84 Å². The van der Waals surface area contributed by atoms with Crippen molar-refractivity contribution in [2.24, 2.45) is 0 Å². The summed E-state index contributed by atoms with van der Waals surface area (Å²) in [5.74, 6) is 0.441. The summed E-state index contributed by atoms with van der Waals surface area (Å²) in [5.41, 5.74) is 1.46. The number of carbonyl (C=O) groups excluding carboxylic acids is 1. The summed E-state index contributed by atoms with van der Waals surface area (Å²) < 4.78 is 5.04. The highest BCUT2D eigenvalue weighted by Crippen LogP contribution is 2.30. The van der Waals surface area contributed by atoms with E-state index in [1.165, 1.54) is 0 Å². The van der Waals surface area contributed by atoms with Crippen molar-refractivity contribution in [1.29, 1.82) is 0 Å². The van der Waals surface area contributed by atoms with Gasteiger partial charge in [-0.15, -0.1) is 0 Å². The zero-order valence-corrected chi connectivity index (χ0v) is 8.28. The van der Waals surface area contributed by atoms with Gasteiger partial charge in [0.05, 0.1) is 25.1 Å². The number of nitrogens with one attached hydrogen (secondary N) is 2. The fourth-order valence-corrected chi connectivity index (χ4v) is 1.48. The summed E-state index contributed by atoms with van der Waals surface area (Å²) in [5, 5.41) is 14.6. The number of hydrogen-bond acceptors (Lipinski definition) is 4. The molecule has 0 fully saturated rings. The maximum atomic E-state index is 11.4. The van der Waals surface area contributed by atoms with Crippen molar-refractivity contribution >= 4 is 17.3 Å². The van der Waals surface area contributed by atoms with Crippen LogP contribution in [0.3, 0.4) is 0 Å². The summed E-state index contributed by atoms with van der Waals surface area (Å²) in [6.45, 7) is -0.225. The first kappa shape index (κ1) is 9.79. The Bertz CT molecular complexity index is 392. The van der Waals surface area contributed by atoms with Crippen LogP contribution in [-0.2, 0) is 4.79 Å². The second-order valence-corrected chi connectivity index (χ2v) is 3.28. The fourth-order valence-electron chi connectivity index (χ4n) is 1.48. The molecule has 1 amide bonds. The number of carbonyl (C=O) groups is 1. The van der Waals surface area contributed by atoms with E-state index in [9.17, 15) is 4.79 Å². The highest BCUT2D eigenvalue weighted by atomic mass is 16.5. The molecule has 1 heterocycles. The molecule has 0 saturated carbocycles. The van der Waals surface area contributed by atoms with E-state index in [0.29, 0.717) is 11.4 Å². The van der Waals surface area contributed by atoms with Gasteiger partial charge in [0.15, 0.2) is 0 Å². The van der Waals surface area contributed by atoms with Gasteiger partial charge in [-0.1, -0.05) is 0 Å². The Balaban J connectivity index is 2.32. The topological polar surface area (TPSA) is 70.6 Å². The summed E-state index contributed by atoms with van der Waals surface area (Å²) >= 11 is 0. The molecule has 5 heteroatoms. The van der Waals surface area contributed by atoms with Crippen molar-refractivity contribution in [3.8, 4) is 5.75 Å².